The molecular formula is C15H13BrN2O. The first-order chi connectivity index (χ1) is 9.24. The Morgan fingerprint density at radius 3 is 2.68 bits per heavy atom. The summed E-state index contributed by atoms with van der Waals surface area (Å²) in [5.74, 6) is 1.50. The molecule has 4 heteroatoms. The summed E-state index contributed by atoms with van der Waals surface area (Å²) < 4.78 is 6.67. The zero-order valence-corrected chi connectivity index (χ0v) is 12.1. The molecule has 0 amide bonds. The Labute approximate surface area is 121 Å². The standard InChI is InChI=1S/C15H13BrN2O/c1-18-10-12-4-2-3-5-14(12)19-15-7-6-11(9-17)8-13(15)16/h2-8,18H,10H2,1H3. The fourth-order valence-corrected chi connectivity index (χ4v) is 2.17. The van der Waals surface area contributed by atoms with E-state index in [-0.39, 0.29) is 0 Å². The lowest BCUT2D eigenvalue weighted by Crippen LogP contribution is -2.06. The van der Waals surface area contributed by atoms with Crippen molar-refractivity contribution in [2.45, 2.75) is 6.54 Å². The molecule has 0 unspecified atom stereocenters. The smallest absolute Gasteiger partial charge is 0.141 e. The predicted molar refractivity (Wildman–Crippen MR) is 78.1 cm³/mol. The van der Waals surface area contributed by atoms with Gasteiger partial charge in [-0.1, -0.05) is 18.2 Å². The Morgan fingerprint density at radius 2 is 2.00 bits per heavy atom. The number of nitriles is 1. The molecule has 0 atom stereocenters. The van der Waals surface area contributed by atoms with Gasteiger partial charge in [0.2, 0.25) is 0 Å². The fraction of sp³-hybridized carbons (Fsp3) is 0.133. The summed E-state index contributed by atoms with van der Waals surface area (Å²) in [6, 6.07) is 15.2. The molecule has 0 aliphatic rings. The van der Waals surface area contributed by atoms with Crippen LogP contribution >= 0.6 is 15.9 Å². The molecule has 0 saturated heterocycles. The predicted octanol–water partition coefficient (Wildman–Crippen LogP) is 3.83. The molecule has 0 heterocycles. The number of para-hydroxylation sites is 1. The van der Waals surface area contributed by atoms with Crippen molar-refractivity contribution in [2.75, 3.05) is 7.05 Å². The second-order valence-electron chi connectivity index (χ2n) is 4.00. The molecule has 1 N–H and O–H groups in total. The number of hydrogen-bond donors (Lipinski definition) is 1. The van der Waals surface area contributed by atoms with Gasteiger partial charge in [0.1, 0.15) is 11.5 Å². The van der Waals surface area contributed by atoms with E-state index in [0.29, 0.717) is 11.3 Å². The van der Waals surface area contributed by atoms with Crippen LogP contribution in [-0.2, 0) is 6.54 Å². The summed E-state index contributed by atoms with van der Waals surface area (Å²) >= 11 is 3.42. The number of ether oxygens (including phenoxy) is 1. The Kier molecular flexibility index (Phi) is 4.56. The van der Waals surface area contributed by atoms with Crippen LogP contribution in [0.3, 0.4) is 0 Å². The summed E-state index contributed by atoms with van der Waals surface area (Å²) in [6.45, 7) is 0.740. The van der Waals surface area contributed by atoms with E-state index in [0.717, 1.165) is 22.3 Å². The van der Waals surface area contributed by atoms with Gasteiger partial charge in [0.15, 0.2) is 0 Å². The first kappa shape index (κ1) is 13.6. The molecule has 19 heavy (non-hydrogen) atoms. The minimum atomic E-state index is 0.600. The summed E-state index contributed by atoms with van der Waals surface area (Å²) in [7, 11) is 1.90. The van der Waals surface area contributed by atoms with Gasteiger partial charge >= 0.3 is 0 Å². The summed E-state index contributed by atoms with van der Waals surface area (Å²) in [5.41, 5.74) is 1.68. The molecule has 0 saturated carbocycles. The molecule has 0 spiro atoms. The number of nitrogens with one attached hydrogen (secondary N) is 1. The largest absolute Gasteiger partial charge is 0.456 e. The van der Waals surface area contributed by atoms with Gasteiger partial charge in [-0.3, -0.25) is 0 Å². The van der Waals surface area contributed by atoms with Gasteiger partial charge in [-0.2, -0.15) is 5.26 Å². The van der Waals surface area contributed by atoms with Gasteiger partial charge in [0.05, 0.1) is 16.1 Å². The third kappa shape index (κ3) is 3.34. The third-order valence-electron chi connectivity index (χ3n) is 2.62. The average molecular weight is 317 g/mol. The molecule has 0 aliphatic carbocycles. The number of halogens is 1. The fourth-order valence-electron chi connectivity index (χ4n) is 1.71. The highest BCUT2D eigenvalue weighted by molar-refractivity contribution is 9.10. The van der Waals surface area contributed by atoms with Crippen molar-refractivity contribution in [1.82, 2.24) is 5.32 Å². The summed E-state index contributed by atoms with van der Waals surface area (Å²) in [5, 5.41) is 11.9. The van der Waals surface area contributed by atoms with Crippen LogP contribution in [0.25, 0.3) is 0 Å². The number of rotatable bonds is 4. The Bertz CT molecular complexity index is 620. The lowest BCUT2D eigenvalue weighted by atomic mass is 10.2. The minimum Gasteiger partial charge on any atom is -0.456 e. The van der Waals surface area contributed by atoms with E-state index in [1.165, 1.54) is 0 Å². The van der Waals surface area contributed by atoms with Crippen molar-refractivity contribution in [3.63, 3.8) is 0 Å². The van der Waals surface area contributed by atoms with E-state index in [9.17, 15) is 0 Å². The van der Waals surface area contributed by atoms with Crippen molar-refractivity contribution in [3.8, 4) is 17.6 Å². The van der Waals surface area contributed by atoms with Crippen LogP contribution in [0.15, 0.2) is 46.9 Å². The van der Waals surface area contributed by atoms with Crippen LogP contribution < -0.4 is 10.1 Å². The molecule has 2 aromatic rings. The normalized spacial score (nSPS) is 9.95. The Hall–Kier alpha value is -1.83. The van der Waals surface area contributed by atoms with Gasteiger partial charge in [-0.15, -0.1) is 0 Å². The number of nitrogens with zero attached hydrogens (tertiary/aromatic N) is 1. The van der Waals surface area contributed by atoms with E-state index < -0.39 is 0 Å². The molecule has 0 aromatic heterocycles. The van der Waals surface area contributed by atoms with Crippen molar-refractivity contribution in [3.05, 3.63) is 58.1 Å². The third-order valence-corrected chi connectivity index (χ3v) is 3.24. The molecule has 96 valence electrons. The van der Waals surface area contributed by atoms with Gasteiger partial charge in [0, 0.05) is 12.1 Å². The van der Waals surface area contributed by atoms with Crippen molar-refractivity contribution in [2.24, 2.45) is 0 Å². The van der Waals surface area contributed by atoms with Crippen molar-refractivity contribution >= 4 is 15.9 Å². The van der Waals surface area contributed by atoms with Crippen molar-refractivity contribution < 1.29 is 4.74 Å². The van der Waals surface area contributed by atoms with Gasteiger partial charge in [0.25, 0.3) is 0 Å². The first-order valence-electron chi connectivity index (χ1n) is 5.84. The SMILES string of the molecule is CNCc1ccccc1Oc1ccc(C#N)cc1Br. The van der Waals surface area contributed by atoms with E-state index >= 15 is 0 Å². The van der Waals surface area contributed by atoms with Gasteiger partial charge in [-0.05, 0) is 47.2 Å². The Morgan fingerprint density at radius 1 is 1.21 bits per heavy atom. The molecule has 0 bridgehead atoms. The molecule has 0 fully saturated rings. The van der Waals surface area contributed by atoms with Crippen molar-refractivity contribution in [1.29, 1.82) is 5.26 Å². The highest BCUT2D eigenvalue weighted by Crippen LogP contribution is 2.32. The van der Waals surface area contributed by atoms with Crippen LogP contribution in [0.5, 0.6) is 11.5 Å². The molecule has 3 nitrogen and oxygen atoms in total. The minimum absolute atomic E-state index is 0.600. The number of benzene rings is 2. The van der Waals surface area contributed by atoms with Crippen LogP contribution in [0.4, 0.5) is 0 Å². The second-order valence-corrected chi connectivity index (χ2v) is 4.85. The quantitative estimate of drug-likeness (QED) is 0.932. The molecule has 0 aliphatic heterocycles. The van der Waals surface area contributed by atoms with E-state index in [4.69, 9.17) is 10.00 Å². The maximum absolute atomic E-state index is 8.84. The highest BCUT2D eigenvalue weighted by Gasteiger charge is 2.07. The molecule has 2 rings (SSSR count). The lowest BCUT2D eigenvalue weighted by Gasteiger charge is -2.12. The summed E-state index contributed by atoms with van der Waals surface area (Å²) in [6.07, 6.45) is 0. The monoisotopic (exact) mass is 316 g/mol. The van der Waals surface area contributed by atoms with Gasteiger partial charge in [-0.25, -0.2) is 0 Å². The van der Waals surface area contributed by atoms with Crippen LogP contribution in [-0.4, -0.2) is 7.05 Å². The number of hydrogen-bond acceptors (Lipinski definition) is 3. The van der Waals surface area contributed by atoms with Crippen LogP contribution in [0.2, 0.25) is 0 Å². The van der Waals surface area contributed by atoms with E-state index in [1.807, 2.05) is 31.3 Å². The molecular weight excluding hydrogens is 304 g/mol. The molecule has 2 aromatic carbocycles. The van der Waals surface area contributed by atoms with E-state index in [1.54, 1.807) is 18.2 Å². The van der Waals surface area contributed by atoms with Crippen LogP contribution in [0.1, 0.15) is 11.1 Å². The zero-order chi connectivity index (χ0) is 13.7. The highest BCUT2D eigenvalue weighted by atomic mass is 79.9. The summed E-state index contributed by atoms with van der Waals surface area (Å²) in [4.78, 5) is 0. The maximum Gasteiger partial charge on any atom is 0.141 e. The second kappa shape index (κ2) is 6.37. The maximum atomic E-state index is 8.84. The van der Waals surface area contributed by atoms with Crippen LogP contribution in [0, 0.1) is 11.3 Å². The molecule has 0 radical (unpaired) electrons. The topological polar surface area (TPSA) is 45.0 Å². The zero-order valence-electron chi connectivity index (χ0n) is 10.5. The Balaban J connectivity index is 2.29. The average Bonchev–Trinajstić information content (AvgIpc) is 2.43. The first-order valence-corrected chi connectivity index (χ1v) is 6.64. The van der Waals surface area contributed by atoms with Gasteiger partial charge < -0.3 is 10.1 Å². The lowest BCUT2D eigenvalue weighted by molar-refractivity contribution is 0.471. The van der Waals surface area contributed by atoms with E-state index in [2.05, 4.69) is 27.3 Å².